The molecule has 18 heavy (non-hydrogen) atoms. The molecule has 1 aliphatic heterocycles. The first kappa shape index (κ1) is 14.1. The van der Waals surface area contributed by atoms with E-state index in [1.807, 2.05) is 32.9 Å². The van der Waals surface area contributed by atoms with Gasteiger partial charge in [-0.3, -0.25) is 4.99 Å². The van der Waals surface area contributed by atoms with E-state index in [1.165, 1.54) is 0 Å². The predicted octanol–water partition coefficient (Wildman–Crippen LogP) is 4.05. The lowest BCUT2D eigenvalue weighted by molar-refractivity contribution is 1.06. The van der Waals surface area contributed by atoms with Crippen molar-refractivity contribution in [3.05, 3.63) is 60.8 Å². The normalized spacial score (nSPS) is 20.3. The maximum Gasteiger partial charge on any atom is 0.155 e. The number of hydrogen-bond donors (Lipinski definition) is 0. The van der Waals surface area contributed by atoms with Crippen LogP contribution in [0.5, 0.6) is 0 Å². The predicted molar refractivity (Wildman–Crippen MR) is 81.4 cm³/mol. The van der Waals surface area contributed by atoms with Crippen LogP contribution in [0.25, 0.3) is 0 Å². The van der Waals surface area contributed by atoms with Crippen molar-refractivity contribution in [3.8, 4) is 0 Å². The molecule has 1 heterocycles. The summed E-state index contributed by atoms with van der Waals surface area (Å²) < 4.78 is 0. The fourth-order valence-corrected chi connectivity index (χ4v) is 1.69. The minimum Gasteiger partial charge on any atom is -0.251 e. The summed E-state index contributed by atoms with van der Waals surface area (Å²) in [5, 5.41) is 0. The first-order chi connectivity index (χ1) is 8.58. The molecule has 0 aromatic heterocycles. The van der Waals surface area contributed by atoms with Crippen molar-refractivity contribution in [1.82, 2.24) is 0 Å². The molecule has 0 aromatic rings. The minimum atomic E-state index is -0.122. The average molecular weight is 240 g/mol. The molecule has 0 N–H and O–H groups in total. The summed E-state index contributed by atoms with van der Waals surface area (Å²) in [5.41, 5.74) is 3.86. The Morgan fingerprint density at radius 1 is 1.17 bits per heavy atom. The third-order valence-electron chi connectivity index (χ3n) is 2.98. The van der Waals surface area contributed by atoms with Crippen molar-refractivity contribution >= 4 is 11.5 Å². The second-order valence-corrected chi connectivity index (χ2v) is 4.05. The molecule has 2 nitrogen and oxygen atoms in total. The summed E-state index contributed by atoms with van der Waals surface area (Å²) >= 11 is 0. The molecule has 0 radical (unpaired) electrons. The fourth-order valence-electron chi connectivity index (χ4n) is 1.69. The van der Waals surface area contributed by atoms with Crippen molar-refractivity contribution in [3.63, 3.8) is 0 Å². The molecule has 0 aromatic carbocycles. The van der Waals surface area contributed by atoms with Crippen LogP contribution in [-0.2, 0) is 0 Å². The van der Waals surface area contributed by atoms with Crippen molar-refractivity contribution in [2.24, 2.45) is 9.98 Å². The molecular weight excluding hydrogens is 220 g/mol. The summed E-state index contributed by atoms with van der Waals surface area (Å²) in [4.78, 5) is 9.21. The van der Waals surface area contributed by atoms with E-state index < -0.39 is 0 Å². The highest BCUT2D eigenvalue weighted by Gasteiger charge is 2.25. The SMILES string of the molecule is C=CC(=C)C1N=C(/C(C=C)=C/C)N=C1/C(C)=C/C. The lowest BCUT2D eigenvalue weighted by atomic mass is 9.99. The van der Waals surface area contributed by atoms with Gasteiger partial charge in [0.15, 0.2) is 5.84 Å². The third-order valence-corrected chi connectivity index (χ3v) is 2.98. The van der Waals surface area contributed by atoms with E-state index in [9.17, 15) is 0 Å². The molecule has 0 amide bonds. The second kappa shape index (κ2) is 6.10. The summed E-state index contributed by atoms with van der Waals surface area (Å²) in [6.45, 7) is 17.5. The molecule has 1 aliphatic rings. The van der Waals surface area contributed by atoms with Gasteiger partial charge < -0.3 is 0 Å². The second-order valence-electron chi connectivity index (χ2n) is 4.05. The van der Waals surface area contributed by atoms with E-state index >= 15 is 0 Å². The monoisotopic (exact) mass is 240 g/mol. The Labute approximate surface area is 110 Å². The number of aliphatic imine (C=N–C) groups is 2. The van der Waals surface area contributed by atoms with Crippen LogP contribution in [0.1, 0.15) is 20.8 Å². The van der Waals surface area contributed by atoms with Gasteiger partial charge in [0.25, 0.3) is 0 Å². The Kier molecular flexibility index (Phi) is 4.78. The molecule has 0 aliphatic carbocycles. The smallest absolute Gasteiger partial charge is 0.155 e. The lowest BCUT2D eigenvalue weighted by Gasteiger charge is -2.10. The van der Waals surface area contributed by atoms with Gasteiger partial charge in [0.05, 0.1) is 5.71 Å². The van der Waals surface area contributed by atoms with Crippen LogP contribution in [0.4, 0.5) is 0 Å². The first-order valence-electron chi connectivity index (χ1n) is 5.99. The van der Waals surface area contributed by atoms with E-state index in [4.69, 9.17) is 0 Å². The molecular formula is C16H20N2. The lowest BCUT2D eigenvalue weighted by Crippen LogP contribution is -2.17. The molecule has 2 heteroatoms. The zero-order valence-electron chi connectivity index (χ0n) is 11.4. The minimum absolute atomic E-state index is 0.122. The van der Waals surface area contributed by atoms with Crippen LogP contribution in [-0.4, -0.2) is 17.6 Å². The van der Waals surface area contributed by atoms with Crippen LogP contribution in [0, 0.1) is 0 Å². The van der Waals surface area contributed by atoms with Crippen LogP contribution >= 0.6 is 0 Å². The van der Waals surface area contributed by atoms with Gasteiger partial charge in [-0.05, 0) is 31.9 Å². The van der Waals surface area contributed by atoms with Gasteiger partial charge in [0.1, 0.15) is 6.04 Å². The van der Waals surface area contributed by atoms with Gasteiger partial charge >= 0.3 is 0 Å². The maximum absolute atomic E-state index is 4.61. The van der Waals surface area contributed by atoms with Gasteiger partial charge in [-0.1, -0.05) is 44.0 Å². The molecule has 94 valence electrons. The Hall–Kier alpha value is -1.96. The number of nitrogens with zero attached hydrogens (tertiary/aromatic N) is 2. The standard InChI is InChI=1S/C16H20N2/c1-7-11(5)14-15(12(6)8-2)18-16(17-14)13(9-3)10-4/h7-10,14H,1,3,5H2,2,4,6H3/b12-8+,13-10+. The summed E-state index contributed by atoms with van der Waals surface area (Å²) in [6, 6.07) is -0.122. The molecule has 0 saturated carbocycles. The van der Waals surface area contributed by atoms with Gasteiger partial charge in [-0.25, -0.2) is 4.99 Å². The van der Waals surface area contributed by atoms with Gasteiger partial charge in [-0.15, -0.1) is 0 Å². The van der Waals surface area contributed by atoms with E-state index in [0.29, 0.717) is 0 Å². The van der Waals surface area contributed by atoms with Crippen molar-refractivity contribution in [1.29, 1.82) is 0 Å². The van der Waals surface area contributed by atoms with Gasteiger partial charge in [-0.2, -0.15) is 0 Å². The van der Waals surface area contributed by atoms with Crippen molar-refractivity contribution < 1.29 is 0 Å². The van der Waals surface area contributed by atoms with E-state index in [-0.39, 0.29) is 6.04 Å². The van der Waals surface area contributed by atoms with Crippen LogP contribution in [0.15, 0.2) is 70.7 Å². The molecule has 0 saturated heterocycles. The van der Waals surface area contributed by atoms with Crippen molar-refractivity contribution in [2.45, 2.75) is 26.8 Å². The topological polar surface area (TPSA) is 24.7 Å². The molecule has 1 unspecified atom stereocenters. The largest absolute Gasteiger partial charge is 0.251 e. The maximum atomic E-state index is 4.61. The molecule has 0 spiro atoms. The van der Waals surface area contributed by atoms with E-state index in [1.54, 1.807) is 12.2 Å². The van der Waals surface area contributed by atoms with E-state index in [2.05, 4.69) is 29.7 Å². The Morgan fingerprint density at radius 3 is 2.28 bits per heavy atom. The highest BCUT2D eigenvalue weighted by atomic mass is 15.0. The fraction of sp³-hybridized carbons (Fsp3) is 0.250. The van der Waals surface area contributed by atoms with Gasteiger partial charge in [0, 0.05) is 5.57 Å². The van der Waals surface area contributed by atoms with Crippen LogP contribution in [0.3, 0.4) is 0 Å². The quantitative estimate of drug-likeness (QED) is 0.648. The summed E-state index contributed by atoms with van der Waals surface area (Å²) in [6.07, 6.45) is 7.49. The first-order valence-corrected chi connectivity index (χ1v) is 5.99. The summed E-state index contributed by atoms with van der Waals surface area (Å²) in [5.74, 6) is 0.719. The third kappa shape index (κ3) is 2.65. The molecule has 0 fully saturated rings. The van der Waals surface area contributed by atoms with Crippen LogP contribution in [0.2, 0.25) is 0 Å². The molecule has 1 rings (SSSR count). The average Bonchev–Trinajstić information content (AvgIpc) is 2.83. The number of amidine groups is 1. The van der Waals surface area contributed by atoms with Gasteiger partial charge in [0.2, 0.25) is 0 Å². The zero-order valence-corrected chi connectivity index (χ0v) is 11.4. The highest BCUT2D eigenvalue weighted by Crippen LogP contribution is 2.22. The molecule has 1 atom stereocenters. The Morgan fingerprint density at radius 2 is 1.83 bits per heavy atom. The summed E-state index contributed by atoms with van der Waals surface area (Å²) in [7, 11) is 0. The Balaban J connectivity index is 3.26. The Bertz CT molecular complexity index is 499. The molecule has 0 bridgehead atoms. The number of hydrogen-bond acceptors (Lipinski definition) is 2. The number of allylic oxidation sites excluding steroid dienone is 2. The zero-order chi connectivity index (χ0) is 13.7. The van der Waals surface area contributed by atoms with Crippen molar-refractivity contribution in [2.75, 3.05) is 0 Å². The number of rotatable bonds is 5. The highest BCUT2D eigenvalue weighted by molar-refractivity contribution is 6.20. The van der Waals surface area contributed by atoms with E-state index in [0.717, 1.165) is 28.3 Å². The van der Waals surface area contributed by atoms with Crippen LogP contribution < -0.4 is 0 Å².